The van der Waals surface area contributed by atoms with Crippen molar-refractivity contribution < 1.29 is 4.79 Å². The number of halogens is 1. The molecule has 104 valence electrons. The number of hydrogen-bond donors (Lipinski definition) is 2. The summed E-state index contributed by atoms with van der Waals surface area (Å²) in [6, 6.07) is 0.436. The maximum Gasteiger partial charge on any atom is 0.220 e. The second kappa shape index (κ2) is 6.19. The van der Waals surface area contributed by atoms with Gasteiger partial charge in [0, 0.05) is 24.6 Å². The van der Waals surface area contributed by atoms with Gasteiger partial charge in [-0.05, 0) is 33.1 Å². The van der Waals surface area contributed by atoms with E-state index in [1.807, 2.05) is 6.92 Å². The Labute approximate surface area is 118 Å². The molecule has 0 unspecified atom stereocenters. The van der Waals surface area contributed by atoms with Crippen molar-refractivity contribution in [2.24, 2.45) is 0 Å². The zero-order valence-electron chi connectivity index (χ0n) is 11.3. The van der Waals surface area contributed by atoms with E-state index in [-0.39, 0.29) is 5.91 Å². The van der Waals surface area contributed by atoms with Crippen LogP contribution in [0.1, 0.15) is 37.1 Å². The lowest BCUT2D eigenvalue weighted by atomic mass is 10.2. The third-order valence-electron chi connectivity index (χ3n) is 3.01. The quantitative estimate of drug-likeness (QED) is 0.620. The summed E-state index contributed by atoms with van der Waals surface area (Å²) in [4.78, 5) is 19.9. The van der Waals surface area contributed by atoms with Crippen LogP contribution in [-0.4, -0.2) is 28.5 Å². The highest BCUT2D eigenvalue weighted by Gasteiger charge is 2.22. The maximum atomic E-state index is 11.5. The number of aromatic nitrogens is 2. The molecule has 0 bridgehead atoms. The van der Waals surface area contributed by atoms with Crippen molar-refractivity contribution in [3.63, 3.8) is 0 Å². The van der Waals surface area contributed by atoms with E-state index in [1.54, 1.807) is 6.92 Å². The number of nitrogens with one attached hydrogen (secondary N) is 2. The Hall–Kier alpha value is -1.36. The van der Waals surface area contributed by atoms with Crippen LogP contribution >= 0.6 is 11.6 Å². The zero-order valence-corrected chi connectivity index (χ0v) is 12.0. The Morgan fingerprint density at radius 1 is 1.37 bits per heavy atom. The minimum atomic E-state index is 0.137. The number of anilines is 1. The summed E-state index contributed by atoms with van der Waals surface area (Å²) < 4.78 is 0. The highest BCUT2D eigenvalue weighted by atomic mass is 35.5. The molecule has 2 rings (SSSR count). The van der Waals surface area contributed by atoms with Crippen LogP contribution in [0.25, 0.3) is 0 Å². The highest BCUT2D eigenvalue weighted by Crippen LogP contribution is 2.20. The predicted octanol–water partition coefficient (Wildman–Crippen LogP) is 2.22. The van der Waals surface area contributed by atoms with Crippen LogP contribution in [0.5, 0.6) is 0 Å². The van der Waals surface area contributed by atoms with Crippen molar-refractivity contribution in [3.8, 4) is 0 Å². The number of amides is 1. The van der Waals surface area contributed by atoms with Gasteiger partial charge in [0.05, 0.1) is 0 Å². The van der Waals surface area contributed by atoms with E-state index >= 15 is 0 Å². The largest absolute Gasteiger partial charge is 0.370 e. The van der Waals surface area contributed by atoms with Crippen molar-refractivity contribution >= 4 is 23.3 Å². The molecule has 0 saturated heterocycles. The molecule has 19 heavy (non-hydrogen) atoms. The minimum Gasteiger partial charge on any atom is -0.370 e. The minimum absolute atomic E-state index is 0.137. The number of rotatable bonds is 6. The number of carbonyl (C=O) groups is 1. The zero-order chi connectivity index (χ0) is 13.8. The van der Waals surface area contributed by atoms with Crippen LogP contribution < -0.4 is 10.6 Å². The van der Waals surface area contributed by atoms with E-state index in [0.717, 1.165) is 30.6 Å². The lowest BCUT2D eigenvalue weighted by molar-refractivity contribution is -0.121. The molecule has 1 heterocycles. The molecule has 1 aromatic rings. The van der Waals surface area contributed by atoms with Crippen LogP contribution in [0.15, 0.2) is 0 Å². The van der Waals surface area contributed by atoms with Gasteiger partial charge in [0.25, 0.3) is 0 Å². The van der Waals surface area contributed by atoms with Crippen LogP contribution in [0.3, 0.4) is 0 Å². The summed E-state index contributed by atoms with van der Waals surface area (Å²) in [7, 11) is 0. The average Bonchev–Trinajstić information content (AvgIpc) is 3.14. The van der Waals surface area contributed by atoms with Gasteiger partial charge in [-0.25, -0.2) is 9.97 Å². The van der Waals surface area contributed by atoms with Gasteiger partial charge in [-0.3, -0.25) is 4.79 Å². The van der Waals surface area contributed by atoms with Crippen LogP contribution in [0.2, 0.25) is 5.15 Å². The Bertz CT molecular complexity index is 474. The first-order chi connectivity index (χ1) is 9.06. The van der Waals surface area contributed by atoms with Gasteiger partial charge in [0.15, 0.2) is 0 Å². The summed E-state index contributed by atoms with van der Waals surface area (Å²) in [5, 5.41) is 6.65. The lowest BCUT2D eigenvalue weighted by Crippen LogP contribution is -2.25. The van der Waals surface area contributed by atoms with Crippen LogP contribution in [0.4, 0.5) is 5.82 Å². The van der Waals surface area contributed by atoms with Crippen molar-refractivity contribution in [2.75, 3.05) is 11.9 Å². The molecule has 0 aromatic carbocycles. The molecule has 6 heteroatoms. The lowest BCUT2D eigenvalue weighted by Gasteiger charge is -2.10. The maximum absolute atomic E-state index is 11.5. The topological polar surface area (TPSA) is 66.9 Å². The summed E-state index contributed by atoms with van der Waals surface area (Å²) in [5.41, 5.74) is 0.842. The molecule has 1 aromatic heterocycles. The molecule has 0 aliphatic heterocycles. The van der Waals surface area contributed by atoms with E-state index in [1.165, 1.54) is 0 Å². The Kier molecular flexibility index (Phi) is 4.58. The SMILES string of the molecule is Cc1nc(Cl)c(C)c(NCCCC(=O)NC2CC2)n1. The van der Waals surface area contributed by atoms with E-state index in [4.69, 9.17) is 11.6 Å². The van der Waals surface area contributed by atoms with E-state index in [0.29, 0.717) is 30.0 Å². The molecular weight excluding hydrogens is 264 g/mol. The summed E-state index contributed by atoms with van der Waals surface area (Å²) in [6.07, 6.45) is 3.57. The van der Waals surface area contributed by atoms with E-state index in [9.17, 15) is 4.79 Å². The van der Waals surface area contributed by atoms with Crippen molar-refractivity contribution in [3.05, 3.63) is 16.5 Å². The fourth-order valence-corrected chi connectivity index (χ4v) is 1.96. The van der Waals surface area contributed by atoms with Crippen LogP contribution in [0, 0.1) is 13.8 Å². The smallest absolute Gasteiger partial charge is 0.220 e. The highest BCUT2D eigenvalue weighted by molar-refractivity contribution is 6.30. The van der Waals surface area contributed by atoms with Crippen molar-refractivity contribution in [1.82, 2.24) is 15.3 Å². The van der Waals surface area contributed by atoms with E-state index in [2.05, 4.69) is 20.6 Å². The summed E-state index contributed by atoms with van der Waals surface area (Å²) >= 11 is 5.99. The first kappa shape index (κ1) is 14.1. The Balaban J connectivity index is 1.74. The first-order valence-electron chi connectivity index (χ1n) is 6.60. The third-order valence-corrected chi connectivity index (χ3v) is 3.38. The fraction of sp³-hybridized carbons (Fsp3) is 0.615. The van der Waals surface area contributed by atoms with Gasteiger partial charge in [-0.1, -0.05) is 11.6 Å². The van der Waals surface area contributed by atoms with Crippen LogP contribution in [-0.2, 0) is 4.79 Å². The molecule has 1 amide bonds. The molecular formula is C13H19ClN4O. The Morgan fingerprint density at radius 3 is 2.79 bits per heavy atom. The Morgan fingerprint density at radius 2 is 2.11 bits per heavy atom. The van der Waals surface area contributed by atoms with Gasteiger partial charge in [0.1, 0.15) is 16.8 Å². The van der Waals surface area contributed by atoms with Crippen molar-refractivity contribution in [1.29, 1.82) is 0 Å². The number of aryl methyl sites for hydroxylation is 1. The van der Waals surface area contributed by atoms with Gasteiger partial charge in [-0.15, -0.1) is 0 Å². The van der Waals surface area contributed by atoms with Gasteiger partial charge < -0.3 is 10.6 Å². The number of carbonyl (C=O) groups excluding carboxylic acids is 1. The fourth-order valence-electron chi connectivity index (χ4n) is 1.75. The molecule has 1 fully saturated rings. The van der Waals surface area contributed by atoms with Gasteiger partial charge >= 0.3 is 0 Å². The molecule has 1 aliphatic carbocycles. The average molecular weight is 283 g/mol. The predicted molar refractivity (Wildman–Crippen MR) is 75.4 cm³/mol. The third kappa shape index (κ3) is 4.35. The molecule has 2 N–H and O–H groups in total. The molecule has 0 radical (unpaired) electrons. The molecule has 0 atom stereocenters. The number of nitrogens with zero attached hydrogens (tertiary/aromatic N) is 2. The second-order valence-corrected chi connectivity index (χ2v) is 5.27. The van der Waals surface area contributed by atoms with Crippen molar-refractivity contribution in [2.45, 2.75) is 45.6 Å². The second-order valence-electron chi connectivity index (χ2n) is 4.91. The van der Waals surface area contributed by atoms with Gasteiger partial charge in [-0.2, -0.15) is 0 Å². The van der Waals surface area contributed by atoms with Gasteiger partial charge in [0.2, 0.25) is 5.91 Å². The van der Waals surface area contributed by atoms with E-state index < -0.39 is 0 Å². The normalized spacial score (nSPS) is 14.3. The summed E-state index contributed by atoms with van der Waals surface area (Å²) in [6.45, 7) is 4.38. The molecule has 1 aliphatic rings. The monoisotopic (exact) mass is 282 g/mol. The first-order valence-corrected chi connectivity index (χ1v) is 6.98. The molecule has 5 nitrogen and oxygen atoms in total. The molecule has 1 saturated carbocycles. The number of hydrogen-bond acceptors (Lipinski definition) is 4. The molecule has 0 spiro atoms. The standard InChI is InChI=1S/C13H19ClN4O/c1-8-12(14)16-9(2)17-13(8)15-7-3-4-11(19)18-10-5-6-10/h10H,3-7H2,1-2H3,(H,18,19)(H,15,16,17). The summed E-state index contributed by atoms with van der Waals surface area (Å²) in [5.74, 6) is 1.53.